The molecule has 0 aliphatic heterocycles. The van der Waals surface area contributed by atoms with E-state index in [-0.39, 0.29) is 0 Å². The molecule has 0 radical (unpaired) electrons. The van der Waals surface area contributed by atoms with Crippen molar-refractivity contribution in [2.75, 3.05) is 12.4 Å². The Hall–Kier alpha value is -2.04. The number of aromatic nitrogens is 3. The summed E-state index contributed by atoms with van der Waals surface area (Å²) in [7, 11) is 3.59. The SMILES string of the molecule is COc1ccc(NCc2c(C)nn(C)c2C)c(C)n1. The number of ether oxygens (including phenoxy) is 1. The van der Waals surface area contributed by atoms with Crippen LogP contribution in [0.4, 0.5) is 5.69 Å². The normalized spacial score (nSPS) is 10.6. The minimum Gasteiger partial charge on any atom is -0.481 e. The van der Waals surface area contributed by atoms with E-state index in [9.17, 15) is 0 Å². The van der Waals surface area contributed by atoms with Gasteiger partial charge in [0, 0.05) is 30.9 Å². The molecule has 0 aliphatic rings. The van der Waals surface area contributed by atoms with Crippen LogP contribution >= 0.6 is 0 Å². The minimum absolute atomic E-state index is 0.636. The maximum atomic E-state index is 5.10. The van der Waals surface area contributed by atoms with Crippen LogP contribution < -0.4 is 10.1 Å². The fourth-order valence-electron chi connectivity index (χ4n) is 2.10. The number of nitrogens with one attached hydrogen (secondary N) is 1. The van der Waals surface area contributed by atoms with Crippen molar-refractivity contribution < 1.29 is 4.74 Å². The van der Waals surface area contributed by atoms with Crippen LogP contribution in [0.2, 0.25) is 0 Å². The number of rotatable bonds is 4. The Bertz CT molecular complexity index is 589. The first-order valence-electron chi connectivity index (χ1n) is 6.27. The highest BCUT2D eigenvalue weighted by atomic mass is 16.5. The molecule has 0 fully saturated rings. The molecule has 0 saturated heterocycles. The van der Waals surface area contributed by atoms with Gasteiger partial charge in [0.15, 0.2) is 0 Å². The van der Waals surface area contributed by atoms with Crippen LogP contribution in [0.25, 0.3) is 0 Å². The van der Waals surface area contributed by atoms with Gasteiger partial charge in [0.1, 0.15) is 0 Å². The number of nitrogens with zero attached hydrogens (tertiary/aromatic N) is 3. The van der Waals surface area contributed by atoms with Gasteiger partial charge in [0.05, 0.1) is 24.2 Å². The quantitative estimate of drug-likeness (QED) is 0.917. The molecule has 1 N–H and O–H groups in total. The van der Waals surface area contributed by atoms with E-state index in [1.807, 2.05) is 37.7 Å². The number of hydrogen-bond donors (Lipinski definition) is 1. The summed E-state index contributed by atoms with van der Waals surface area (Å²) in [5.41, 5.74) is 5.43. The predicted octanol–water partition coefficient (Wildman–Crippen LogP) is 2.36. The molecule has 0 bridgehead atoms. The summed E-state index contributed by atoms with van der Waals surface area (Å²) in [6, 6.07) is 3.85. The first-order valence-corrected chi connectivity index (χ1v) is 6.27. The Morgan fingerprint density at radius 2 is 1.95 bits per heavy atom. The maximum Gasteiger partial charge on any atom is 0.213 e. The van der Waals surface area contributed by atoms with E-state index in [2.05, 4.69) is 22.3 Å². The van der Waals surface area contributed by atoms with Crippen LogP contribution in [0, 0.1) is 20.8 Å². The van der Waals surface area contributed by atoms with Crippen LogP contribution in [-0.2, 0) is 13.6 Å². The van der Waals surface area contributed by atoms with Gasteiger partial charge in [0.2, 0.25) is 5.88 Å². The summed E-state index contributed by atoms with van der Waals surface area (Å²) in [6.07, 6.45) is 0. The number of aryl methyl sites for hydroxylation is 3. The highest BCUT2D eigenvalue weighted by Crippen LogP contribution is 2.19. The van der Waals surface area contributed by atoms with Crippen LogP contribution in [0.1, 0.15) is 22.6 Å². The fourth-order valence-corrected chi connectivity index (χ4v) is 2.10. The van der Waals surface area contributed by atoms with Gasteiger partial charge in [-0.3, -0.25) is 4.68 Å². The predicted molar refractivity (Wildman–Crippen MR) is 75.5 cm³/mol. The van der Waals surface area contributed by atoms with E-state index in [4.69, 9.17) is 4.74 Å². The summed E-state index contributed by atoms with van der Waals surface area (Å²) in [5.74, 6) is 0.636. The van der Waals surface area contributed by atoms with Gasteiger partial charge in [0.25, 0.3) is 0 Å². The Morgan fingerprint density at radius 3 is 2.47 bits per heavy atom. The lowest BCUT2D eigenvalue weighted by atomic mass is 10.2. The summed E-state index contributed by atoms with van der Waals surface area (Å²) in [6.45, 7) is 6.83. The summed E-state index contributed by atoms with van der Waals surface area (Å²) in [5, 5.41) is 7.82. The van der Waals surface area contributed by atoms with Crippen LogP contribution in [0.3, 0.4) is 0 Å². The lowest BCUT2D eigenvalue weighted by molar-refractivity contribution is 0.397. The van der Waals surface area contributed by atoms with Crippen molar-refractivity contribution in [1.29, 1.82) is 0 Å². The summed E-state index contributed by atoms with van der Waals surface area (Å²) >= 11 is 0. The van der Waals surface area contributed by atoms with Crippen molar-refractivity contribution in [2.24, 2.45) is 7.05 Å². The molecule has 0 atom stereocenters. The molecule has 2 aromatic heterocycles. The third-order valence-electron chi connectivity index (χ3n) is 3.38. The van der Waals surface area contributed by atoms with Crippen molar-refractivity contribution in [2.45, 2.75) is 27.3 Å². The van der Waals surface area contributed by atoms with Crippen molar-refractivity contribution in [3.63, 3.8) is 0 Å². The zero-order chi connectivity index (χ0) is 14.0. The molecule has 5 nitrogen and oxygen atoms in total. The second kappa shape index (κ2) is 5.30. The molecule has 5 heteroatoms. The Kier molecular flexibility index (Phi) is 3.74. The smallest absolute Gasteiger partial charge is 0.213 e. The van der Waals surface area contributed by atoms with E-state index in [1.165, 1.54) is 11.3 Å². The number of methoxy groups -OCH3 is 1. The van der Waals surface area contributed by atoms with Crippen molar-refractivity contribution in [3.05, 3.63) is 34.8 Å². The number of anilines is 1. The van der Waals surface area contributed by atoms with Crippen molar-refractivity contribution in [3.8, 4) is 5.88 Å². The van der Waals surface area contributed by atoms with Crippen LogP contribution in [-0.4, -0.2) is 21.9 Å². The molecule has 0 amide bonds. The van der Waals surface area contributed by atoms with Gasteiger partial charge < -0.3 is 10.1 Å². The molecule has 2 rings (SSSR count). The van der Waals surface area contributed by atoms with Gasteiger partial charge in [-0.1, -0.05) is 0 Å². The zero-order valence-electron chi connectivity index (χ0n) is 12.1. The first kappa shape index (κ1) is 13.4. The highest BCUT2D eigenvalue weighted by molar-refractivity contribution is 5.49. The van der Waals surface area contributed by atoms with E-state index in [0.29, 0.717) is 5.88 Å². The van der Waals surface area contributed by atoms with Crippen LogP contribution in [0.15, 0.2) is 12.1 Å². The Labute approximate surface area is 113 Å². The van der Waals surface area contributed by atoms with Gasteiger partial charge in [-0.2, -0.15) is 5.10 Å². The minimum atomic E-state index is 0.636. The Balaban J connectivity index is 2.14. The van der Waals surface area contributed by atoms with Gasteiger partial charge in [-0.15, -0.1) is 0 Å². The molecule has 2 heterocycles. The first-order chi connectivity index (χ1) is 9.02. The van der Waals surface area contributed by atoms with Crippen molar-refractivity contribution in [1.82, 2.24) is 14.8 Å². The maximum absolute atomic E-state index is 5.10. The Morgan fingerprint density at radius 1 is 1.21 bits per heavy atom. The standard InChI is InChI=1S/C14H20N4O/c1-9-12(11(3)18(4)17-9)8-15-13-6-7-14(19-5)16-10(13)2/h6-7,15H,8H2,1-5H3. The van der Waals surface area contributed by atoms with E-state index in [0.717, 1.165) is 23.6 Å². The monoisotopic (exact) mass is 260 g/mol. The third-order valence-corrected chi connectivity index (χ3v) is 3.38. The topological polar surface area (TPSA) is 52.0 Å². The fraction of sp³-hybridized carbons (Fsp3) is 0.429. The largest absolute Gasteiger partial charge is 0.481 e. The third kappa shape index (κ3) is 2.70. The molecular weight excluding hydrogens is 240 g/mol. The average Bonchev–Trinajstić information content (AvgIpc) is 2.62. The highest BCUT2D eigenvalue weighted by Gasteiger charge is 2.09. The molecule has 102 valence electrons. The molecule has 0 spiro atoms. The second-order valence-corrected chi connectivity index (χ2v) is 4.61. The van der Waals surface area contributed by atoms with Gasteiger partial charge >= 0.3 is 0 Å². The summed E-state index contributed by atoms with van der Waals surface area (Å²) in [4.78, 5) is 4.35. The molecule has 0 aliphatic carbocycles. The molecule has 0 unspecified atom stereocenters. The number of pyridine rings is 1. The zero-order valence-corrected chi connectivity index (χ0v) is 12.1. The lowest BCUT2D eigenvalue weighted by Crippen LogP contribution is -2.04. The van der Waals surface area contributed by atoms with E-state index < -0.39 is 0 Å². The van der Waals surface area contributed by atoms with Gasteiger partial charge in [-0.05, 0) is 26.8 Å². The van der Waals surface area contributed by atoms with E-state index >= 15 is 0 Å². The van der Waals surface area contributed by atoms with Crippen molar-refractivity contribution >= 4 is 5.69 Å². The van der Waals surface area contributed by atoms with Gasteiger partial charge in [-0.25, -0.2) is 4.98 Å². The molecule has 0 aromatic carbocycles. The molecular formula is C14H20N4O. The van der Waals surface area contributed by atoms with E-state index in [1.54, 1.807) is 7.11 Å². The van der Waals surface area contributed by atoms with Crippen LogP contribution in [0.5, 0.6) is 5.88 Å². The second-order valence-electron chi connectivity index (χ2n) is 4.61. The average molecular weight is 260 g/mol. The molecule has 19 heavy (non-hydrogen) atoms. The molecule has 2 aromatic rings. The number of hydrogen-bond acceptors (Lipinski definition) is 4. The molecule has 0 saturated carbocycles. The lowest BCUT2D eigenvalue weighted by Gasteiger charge is -2.10. The summed E-state index contributed by atoms with van der Waals surface area (Å²) < 4.78 is 7.01.